The predicted octanol–water partition coefficient (Wildman–Crippen LogP) is 3.81. The first-order valence-electron chi connectivity index (χ1n) is 11.6. The molecule has 0 bridgehead atoms. The molecule has 2 aromatic rings. The molecule has 2 aliphatic rings. The van der Waals surface area contributed by atoms with E-state index in [4.69, 9.17) is 14.2 Å². The maximum Gasteiger partial charge on any atom is 0.207 e. The van der Waals surface area contributed by atoms with Gasteiger partial charge in [0.1, 0.15) is 6.10 Å². The number of carbonyl (C=O) groups excluding carboxylic acids is 1. The Bertz CT molecular complexity index is 887. The molecule has 0 radical (unpaired) electrons. The monoisotopic (exact) mass is 474 g/mol. The van der Waals surface area contributed by atoms with Gasteiger partial charge in [-0.2, -0.15) is 0 Å². The number of benzene rings is 2. The Morgan fingerprint density at radius 3 is 2.52 bits per heavy atom. The highest BCUT2D eigenvalue weighted by Gasteiger charge is 2.36. The van der Waals surface area contributed by atoms with E-state index in [1.54, 1.807) is 14.2 Å². The fourth-order valence-electron chi connectivity index (χ4n) is 5.12. The van der Waals surface area contributed by atoms with Crippen LogP contribution >= 0.6 is 12.4 Å². The molecule has 7 heteroatoms. The van der Waals surface area contributed by atoms with Crippen molar-refractivity contribution in [3.05, 3.63) is 59.2 Å². The van der Waals surface area contributed by atoms with E-state index in [0.717, 1.165) is 74.4 Å². The molecule has 180 valence electrons. The smallest absolute Gasteiger partial charge is 0.207 e. The number of rotatable bonds is 9. The van der Waals surface area contributed by atoms with Crippen molar-refractivity contribution >= 4 is 18.8 Å². The number of methoxy groups -OCH3 is 2. The minimum absolute atomic E-state index is 0. The highest BCUT2D eigenvalue weighted by Crippen LogP contribution is 2.43. The van der Waals surface area contributed by atoms with Gasteiger partial charge in [-0.25, -0.2) is 0 Å². The van der Waals surface area contributed by atoms with Gasteiger partial charge in [-0.15, -0.1) is 12.4 Å². The zero-order valence-electron chi connectivity index (χ0n) is 19.5. The Balaban J connectivity index is 0.00000306. The summed E-state index contributed by atoms with van der Waals surface area (Å²) in [6.45, 7) is 3.74. The molecule has 0 unspecified atom stereocenters. The first-order valence-corrected chi connectivity index (χ1v) is 11.6. The third kappa shape index (κ3) is 5.99. The molecule has 2 heterocycles. The van der Waals surface area contributed by atoms with E-state index in [9.17, 15) is 4.79 Å². The number of hydrogen-bond acceptors (Lipinski definition) is 5. The first kappa shape index (κ1) is 25.3. The first-order chi connectivity index (χ1) is 15.7. The second-order valence-electron chi connectivity index (χ2n) is 8.68. The number of piperidine rings is 1. The largest absolute Gasteiger partial charge is 0.493 e. The number of halogens is 1. The van der Waals surface area contributed by atoms with Gasteiger partial charge in [0, 0.05) is 25.1 Å². The lowest BCUT2D eigenvalue weighted by molar-refractivity contribution is -0.111. The fraction of sp³-hybridized carbons (Fsp3) is 0.500. The molecule has 0 spiro atoms. The maximum atomic E-state index is 10.9. The van der Waals surface area contributed by atoms with Crippen LogP contribution in [-0.2, 0) is 22.4 Å². The molecule has 1 amide bonds. The fourth-order valence-corrected chi connectivity index (χ4v) is 5.12. The van der Waals surface area contributed by atoms with E-state index in [0.29, 0.717) is 12.5 Å². The molecule has 1 saturated heterocycles. The summed E-state index contributed by atoms with van der Waals surface area (Å²) in [4.78, 5) is 13.5. The quantitative estimate of drug-likeness (QED) is 0.560. The molecule has 0 aliphatic carbocycles. The van der Waals surface area contributed by atoms with Gasteiger partial charge in [-0.3, -0.25) is 4.79 Å². The Hall–Kier alpha value is -2.28. The number of ether oxygens (including phenoxy) is 3. The molecule has 2 atom stereocenters. The van der Waals surface area contributed by atoms with Gasteiger partial charge in [-0.05, 0) is 55.5 Å². The number of hydrogen-bond donors (Lipinski definition) is 1. The Morgan fingerprint density at radius 1 is 1.09 bits per heavy atom. The van der Waals surface area contributed by atoms with Crippen molar-refractivity contribution in [1.82, 2.24) is 10.2 Å². The zero-order valence-corrected chi connectivity index (χ0v) is 20.3. The van der Waals surface area contributed by atoms with Crippen molar-refractivity contribution in [2.24, 2.45) is 5.92 Å². The van der Waals surface area contributed by atoms with Gasteiger partial charge in [0.2, 0.25) is 6.41 Å². The van der Waals surface area contributed by atoms with Crippen molar-refractivity contribution in [2.45, 2.75) is 37.9 Å². The highest BCUT2D eigenvalue weighted by molar-refractivity contribution is 5.85. The molecule has 1 fully saturated rings. The van der Waals surface area contributed by atoms with Crippen molar-refractivity contribution in [3.63, 3.8) is 0 Å². The molecule has 2 aliphatic heterocycles. The van der Waals surface area contributed by atoms with Gasteiger partial charge in [0.15, 0.2) is 11.5 Å². The zero-order chi connectivity index (χ0) is 22.3. The van der Waals surface area contributed by atoms with E-state index >= 15 is 0 Å². The lowest BCUT2D eigenvalue weighted by Gasteiger charge is -2.41. The molecule has 0 saturated carbocycles. The summed E-state index contributed by atoms with van der Waals surface area (Å²) >= 11 is 0. The Morgan fingerprint density at radius 2 is 1.85 bits per heavy atom. The van der Waals surface area contributed by atoms with Crippen LogP contribution in [0.1, 0.15) is 35.6 Å². The van der Waals surface area contributed by atoms with E-state index in [1.807, 2.05) is 12.1 Å². The van der Waals surface area contributed by atoms with Crippen LogP contribution in [0.4, 0.5) is 0 Å². The Labute approximate surface area is 203 Å². The Kier molecular flexibility index (Phi) is 9.41. The summed E-state index contributed by atoms with van der Waals surface area (Å²) in [5.41, 5.74) is 3.62. The number of fused-ring (bicyclic) bond motifs is 1. The third-order valence-corrected chi connectivity index (χ3v) is 6.88. The van der Waals surface area contributed by atoms with E-state index in [-0.39, 0.29) is 24.6 Å². The van der Waals surface area contributed by atoms with Crippen LogP contribution in [0.15, 0.2) is 42.5 Å². The average Bonchev–Trinajstić information content (AvgIpc) is 2.86. The maximum absolute atomic E-state index is 10.9. The van der Waals surface area contributed by atoms with E-state index < -0.39 is 0 Å². The van der Waals surface area contributed by atoms with Gasteiger partial charge in [0.25, 0.3) is 0 Å². The summed E-state index contributed by atoms with van der Waals surface area (Å²) in [6.07, 6.45) is 4.81. The summed E-state index contributed by atoms with van der Waals surface area (Å²) in [7, 11) is 3.35. The normalized spacial score (nSPS) is 20.9. The van der Waals surface area contributed by atoms with Crippen LogP contribution in [0, 0.1) is 5.92 Å². The second kappa shape index (κ2) is 12.3. The van der Waals surface area contributed by atoms with Crippen molar-refractivity contribution in [3.8, 4) is 11.5 Å². The van der Waals surface area contributed by atoms with Crippen molar-refractivity contribution < 1.29 is 19.0 Å². The summed E-state index contributed by atoms with van der Waals surface area (Å²) in [6, 6.07) is 14.7. The van der Waals surface area contributed by atoms with Crippen LogP contribution in [0.2, 0.25) is 0 Å². The number of amides is 1. The second-order valence-corrected chi connectivity index (χ2v) is 8.68. The van der Waals surface area contributed by atoms with Gasteiger partial charge in [-0.1, -0.05) is 36.4 Å². The molecule has 2 aromatic carbocycles. The average molecular weight is 475 g/mol. The van der Waals surface area contributed by atoms with Crippen LogP contribution in [-0.4, -0.2) is 57.8 Å². The van der Waals surface area contributed by atoms with Gasteiger partial charge >= 0.3 is 0 Å². The molecule has 33 heavy (non-hydrogen) atoms. The number of likely N-dealkylation sites (tertiary alicyclic amines) is 1. The van der Waals surface area contributed by atoms with Crippen LogP contribution in [0.3, 0.4) is 0 Å². The standard InChI is InChI=1S/C26H34N2O4.ClH/c1-30-23-9-8-21-22(26(23)31-2)16-24(32-25(21)17-27-18-29)20-11-14-28(15-12-20)13-10-19-6-4-3-5-7-19;/h3-9,18,20,24-25H,10-17H2,1-2H3,(H,27,29);1H/t24-,25-;/m0./s1. The number of carbonyl (C=O) groups is 1. The molecule has 0 aromatic heterocycles. The lowest BCUT2D eigenvalue weighted by Crippen LogP contribution is -2.43. The van der Waals surface area contributed by atoms with Crippen LogP contribution in [0.25, 0.3) is 0 Å². The van der Waals surface area contributed by atoms with Crippen LogP contribution in [0.5, 0.6) is 11.5 Å². The summed E-state index contributed by atoms with van der Waals surface area (Å²) in [5, 5.41) is 2.80. The predicted molar refractivity (Wildman–Crippen MR) is 131 cm³/mol. The summed E-state index contributed by atoms with van der Waals surface area (Å²) < 4.78 is 17.8. The van der Waals surface area contributed by atoms with Gasteiger partial charge < -0.3 is 24.4 Å². The number of nitrogens with one attached hydrogen (secondary N) is 1. The molecular weight excluding hydrogens is 440 g/mol. The number of nitrogens with zero attached hydrogens (tertiary/aromatic N) is 1. The highest BCUT2D eigenvalue weighted by atomic mass is 35.5. The minimum atomic E-state index is -0.176. The van der Waals surface area contributed by atoms with E-state index in [2.05, 4.69) is 40.5 Å². The molecule has 6 nitrogen and oxygen atoms in total. The van der Waals surface area contributed by atoms with Gasteiger partial charge in [0.05, 0.1) is 20.3 Å². The van der Waals surface area contributed by atoms with Crippen LogP contribution < -0.4 is 14.8 Å². The molecule has 4 rings (SSSR count). The minimum Gasteiger partial charge on any atom is -0.493 e. The lowest BCUT2D eigenvalue weighted by atomic mass is 9.83. The molecular formula is C26H35ClN2O4. The van der Waals surface area contributed by atoms with Crippen molar-refractivity contribution in [2.75, 3.05) is 40.4 Å². The van der Waals surface area contributed by atoms with E-state index in [1.165, 1.54) is 5.56 Å². The molecule has 1 N–H and O–H groups in total. The van der Waals surface area contributed by atoms with Crippen molar-refractivity contribution in [1.29, 1.82) is 0 Å². The topological polar surface area (TPSA) is 60.0 Å². The third-order valence-electron chi connectivity index (χ3n) is 6.88. The SMILES string of the molecule is COc1ccc2c(c1OC)C[C@@H](C1CCN(CCc3ccccc3)CC1)O[C@H]2CNC=O.Cl. The summed E-state index contributed by atoms with van der Waals surface area (Å²) in [5.74, 6) is 2.02.